The molecule has 2 aromatic carbocycles. The van der Waals surface area contributed by atoms with Crippen molar-refractivity contribution in [2.45, 2.75) is 6.42 Å². The van der Waals surface area contributed by atoms with Crippen molar-refractivity contribution in [1.29, 1.82) is 0 Å². The Hall–Kier alpha value is -2.66. The van der Waals surface area contributed by atoms with E-state index in [1.54, 1.807) is 36.2 Å². The van der Waals surface area contributed by atoms with Crippen LogP contribution in [-0.2, 0) is 4.79 Å². The number of rotatable bonds is 4. The summed E-state index contributed by atoms with van der Waals surface area (Å²) in [5.41, 5.74) is 2.02. The van der Waals surface area contributed by atoms with Crippen LogP contribution in [0.1, 0.15) is 16.8 Å². The van der Waals surface area contributed by atoms with Crippen LogP contribution < -0.4 is 15.5 Å². The topological polar surface area (TPSA) is 61.4 Å². The van der Waals surface area contributed by atoms with Crippen LogP contribution in [0, 0.1) is 5.92 Å². The molecule has 24 heavy (non-hydrogen) atoms. The van der Waals surface area contributed by atoms with E-state index in [1.807, 2.05) is 30.3 Å². The van der Waals surface area contributed by atoms with Crippen molar-refractivity contribution < 1.29 is 9.59 Å². The summed E-state index contributed by atoms with van der Waals surface area (Å²) in [7, 11) is 1.74. The SMILES string of the molecule is CN(C(=O)c1cccc(NC(=O)C2CCNC2)c1)c1ccccc1. The molecular weight excluding hydrogens is 302 g/mol. The number of anilines is 2. The maximum absolute atomic E-state index is 12.6. The first kappa shape index (κ1) is 16.2. The molecule has 0 bridgehead atoms. The molecule has 1 aliphatic rings. The van der Waals surface area contributed by atoms with E-state index in [1.165, 1.54) is 0 Å². The van der Waals surface area contributed by atoms with Gasteiger partial charge in [0.25, 0.3) is 5.91 Å². The highest BCUT2D eigenvalue weighted by molar-refractivity contribution is 6.06. The van der Waals surface area contributed by atoms with Crippen molar-refractivity contribution in [2.75, 3.05) is 30.4 Å². The highest BCUT2D eigenvalue weighted by Crippen LogP contribution is 2.18. The van der Waals surface area contributed by atoms with Crippen molar-refractivity contribution in [1.82, 2.24) is 5.32 Å². The van der Waals surface area contributed by atoms with Crippen molar-refractivity contribution >= 4 is 23.2 Å². The van der Waals surface area contributed by atoms with Gasteiger partial charge >= 0.3 is 0 Å². The van der Waals surface area contributed by atoms with Gasteiger partial charge < -0.3 is 15.5 Å². The number of hydrogen-bond donors (Lipinski definition) is 2. The average Bonchev–Trinajstić information content (AvgIpc) is 3.16. The molecule has 2 amide bonds. The van der Waals surface area contributed by atoms with Gasteiger partial charge in [-0.25, -0.2) is 0 Å². The Labute approximate surface area is 141 Å². The first-order valence-electron chi connectivity index (χ1n) is 8.10. The van der Waals surface area contributed by atoms with Gasteiger partial charge in [0.15, 0.2) is 0 Å². The van der Waals surface area contributed by atoms with E-state index in [2.05, 4.69) is 10.6 Å². The maximum atomic E-state index is 12.6. The summed E-state index contributed by atoms with van der Waals surface area (Å²) in [5.74, 6) is -0.114. The molecule has 1 aliphatic heterocycles. The van der Waals surface area contributed by atoms with Crippen molar-refractivity contribution in [3.63, 3.8) is 0 Å². The third kappa shape index (κ3) is 3.63. The molecule has 0 aliphatic carbocycles. The lowest BCUT2D eigenvalue weighted by Crippen LogP contribution is -2.27. The van der Waals surface area contributed by atoms with Crippen LogP contribution in [-0.4, -0.2) is 32.0 Å². The van der Waals surface area contributed by atoms with E-state index in [4.69, 9.17) is 0 Å². The second-order valence-corrected chi connectivity index (χ2v) is 5.96. The minimum absolute atomic E-state index is 0.000938. The van der Waals surface area contributed by atoms with Crippen LogP contribution in [0.25, 0.3) is 0 Å². The largest absolute Gasteiger partial charge is 0.326 e. The molecule has 0 aromatic heterocycles. The number of amides is 2. The molecule has 1 fully saturated rings. The Morgan fingerprint density at radius 1 is 1.12 bits per heavy atom. The van der Waals surface area contributed by atoms with Crippen LogP contribution in [0.3, 0.4) is 0 Å². The molecule has 1 heterocycles. The number of carbonyl (C=O) groups excluding carboxylic acids is 2. The number of benzene rings is 2. The summed E-state index contributed by atoms with van der Waals surface area (Å²) in [6, 6.07) is 16.5. The van der Waals surface area contributed by atoms with Crippen LogP contribution >= 0.6 is 0 Å². The number of hydrogen-bond acceptors (Lipinski definition) is 3. The van der Waals surface area contributed by atoms with E-state index in [0.717, 1.165) is 18.7 Å². The van der Waals surface area contributed by atoms with Gasteiger partial charge in [-0.2, -0.15) is 0 Å². The van der Waals surface area contributed by atoms with Gasteiger partial charge in [0.2, 0.25) is 5.91 Å². The lowest BCUT2D eigenvalue weighted by Gasteiger charge is -2.18. The fraction of sp³-hybridized carbons (Fsp3) is 0.263. The summed E-state index contributed by atoms with van der Waals surface area (Å²) >= 11 is 0. The molecule has 0 spiro atoms. The normalized spacial score (nSPS) is 16.6. The Balaban J connectivity index is 1.72. The van der Waals surface area contributed by atoms with E-state index >= 15 is 0 Å². The monoisotopic (exact) mass is 323 g/mol. The Morgan fingerprint density at radius 2 is 1.92 bits per heavy atom. The average molecular weight is 323 g/mol. The second-order valence-electron chi connectivity index (χ2n) is 5.96. The summed E-state index contributed by atoms with van der Waals surface area (Å²) in [5, 5.41) is 6.09. The molecule has 2 N–H and O–H groups in total. The number of para-hydroxylation sites is 1. The van der Waals surface area contributed by atoms with Crippen molar-refractivity contribution in [2.24, 2.45) is 5.92 Å². The molecule has 2 aromatic rings. The molecule has 1 atom stereocenters. The number of nitrogens with one attached hydrogen (secondary N) is 2. The zero-order valence-corrected chi connectivity index (χ0v) is 13.7. The fourth-order valence-corrected chi connectivity index (χ4v) is 2.82. The quantitative estimate of drug-likeness (QED) is 0.909. The van der Waals surface area contributed by atoms with Gasteiger partial charge in [0.1, 0.15) is 0 Å². The van der Waals surface area contributed by atoms with Gasteiger partial charge in [-0.1, -0.05) is 24.3 Å². The van der Waals surface area contributed by atoms with Gasteiger partial charge in [0, 0.05) is 30.5 Å². The van der Waals surface area contributed by atoms with Crippen LogP contribution in [0.15, 0.2) is 54.6 Å². The Bertz CT molecular complexity index is 724. The predicted octanol–water partition coefficient (Wildman–Crippen LogP) is 2.51. The molecule has 0 saturated carbocycles. The first-order valence-corrected chi connectivity index (χ1v) is 8.10. The van der Waals surface area contributed by atoms with Gasteiger partial charge in [-0.15, -0.1) is 0 Å². The molecular formula is C19H21N3O2. The molecule has 0 radical (unpaired) electrons. The van der Waals surface area contributed by atoms with E-state index < -0.39 is 0 Å². The smallest absolute Gasteiger partial charge is 0.258 e. The van der Waals surface area contributed by atoms with E-state index in [9.17, 15) is 9.59 Å². The van der Waals surface area contributed by atoms with Crippen LogP contribution in [0.5, 0.6) is 0 Å². The molecule has 5 heteroatoms. The minimum Gasteiger partial charge on any atom is -0.326 e. The molecule has 124 valence electrons. The lowest BCUT2D eigenvalue weighted by molar-refractivity contribution is -0.119. The van der Waals surface area contributed by atoms with Crippen molar-refractivity contribution in [3.8, 4) is 0 Å². The fourth-order valence-electron chi connectivity index (χ4n) is 2.82. The summed E-state index contributed by atoms with van der Waals surface area (Å²) in [4.78, 5) is 26.4. The summed E-state index contributed by atoms with van der Waals surface area (Å²) < 4.78 is 0. The summed E-state index contributed by atoms with van der Waals surface area (Å²) in [6.07, 6.45) is 0.848. The molecule has 1 unspecified atom stereocenters. The van der Waals surface area contributed by atoms with Crippen molar-refractivity contribution in [3.05, 3.63) is 60.2 Å². The maximum Gasteiger partial charge on any atom is 0.258 e. The predicted molar refractivity (Wildman–Crippen MR) is 95.2 cm³/mol. The molecule has 1 saturated heterocycles. The first-order chi connectivity index (χ1) is 11.6. The highest BCUT2D eigenvalue weighted by atomic mass is 16.2. The zero-order chi connectivity index (χ0) is 16.9. The van der Waals surface area contributed by atoms with Gasteiger partial charge in [-0.05, 0) is 43.3 Å². The molecule has 3 rings (SSSR count). The van der Waals surface area contributed by atoms with Gasteiger partial charge in [0.05, 0.1) is 5.92 Å². The standard InChI is InChI=1S/C19H21N3O2/c1-22(17-8-3-2-4-9-17)19(24)14-6-5-7-16(12-14)21-18(23)15-10-11-20-13-15/h2-9,12,15,20H,10-11,13H2,1H3,(H,21,23). The zero-order valence-electron chi connectivity index (χ0n) is 13.7. The summed E-state index contributed by atoms with van der Waals surface area (Å²) in [6.45, 7) is 1.58. The Morgan fingerprint density at radius 3 is 2.62 bits per heavy atom. The minimum atomic E-state index is -0.111. The van der Waals surface area contributed by atoms with Crippen LogP contribution in [0.4, 0.5) is 11.4 Å². The number of nitrogens with zero attached hydrogens (tertiary/aromatic N) is 1. The lowest BCUT2D eigenvalue weighted by atomic mass is 10.1. The van der Waals surface area contributed by atoms with E-state index in [0.29, 0.717) is 17.8 Å². The van der Waals surface area contributed by atoms with Crippen LogP contribution in [0.2, 0.25) is 0 Å². The third-order valence-corrected chi connectivity index (χ3v) is 4.26. The Kier molecular flexibility index (Phi) is 4.91. The number of carbonyl (C=O) groups is 2. The van der Waals surface area contributed by atoms with E-state index in [-0.39, 0.29) is 17.7 Å². The molecule has 5 nitrogen and oxygen atoms in total. The highest BCUT2D eigenvalue weighted by Gasteiger charge is 2.22. The van der Waals surface area contributed by atoms with Gasteiger partial charge in [-0.3, -0.25) is 9.59 Å². The third-order valence-electron chi connectivity index (χ3n) is 4.26. The second kappa shape index (κ2) is 7.27.